The highest BCUT2D eigenvalue weighted by Gasteiger charge is 2.20. The Balaban J connectivity index is 1.39. The number of pyridine rings is 1. The fourth-order valence-electron chi connectivity index (χ4n) is 3.07. The lowest BCUT2D eigenvalue weighted by Gasteiger charge is -2.03. The number of amides is 1. The Labute approximate surface area is 181 Å². The number of hydrogen-bond donors (Lipinski definition) is 1. The monoisotopic (exact) mass is 427 g/mol. The molecule has 9 heteroatoms. The van der Waals surface area contributed by atoms with Gasteiger partial charge in [0.1, 0.15) is 0 Å². The van der Waals surface area contributed by atoms with Crippen LogP contribution in [-0.4, -0.2) is 35.4 Å². The SMILES string of the molecule is O=C(Nc1ccn(Cc2ccccn2)n1)c1nc(-c2cccs2)n(-c2ccccc2)n1. The molecule has 0 saturated carbocycles. The van der Waals surface area contributed by atoms with Crippen LogP contribution in [-0.2, 0) is 6.54 Å². The first-order valence-corrected chi connectivity index (χ1v) is 10.5. The first-order valence-electron chi connectivity index (χ1n) is 9.57. The van der Waals surface area contributed by atoms with Crippen molar-refractivity contribution in [3.8, 4) is 16.4 Å². The summed E-state index contributed by atoms with van der Waals surface area (Å²) in [6.07, 6.45) is 3.53. The molecule has 1 amide bonds. The normalized spacial score (nSPS) is 10.8. The number of anilines is 1. The molecule has 1 N–H and O–H groups in total. The second-order valence-corrected chi connectivity index (χ2v) is 7.61. The first kappa shape index (κ1) is 18.9. The van der Waals surface area contributed by atoms with Crippen LogP contribution in [0.2, 0.25) is 0 Å². The topological polar surface area (TPSA) is 90.5 Å². The van der Waals surface area contributed by atoms with E-state index >= 15 is 0 Å². The summed E-state index contributed by atoms with van der Waals surface area (Å²) >= 11 is 1.54. The lowest BCUT2D eigenvalue weighted by molar-refractivity contribution is 0.101. The van der Waals surface area contributed by atoms with Gasteiger partial charge in [-0.3, -0.25) is 14.5 Å². The zero-order valence-electron chi connectivity index (χ0n) is 16.3. The van der Waals surface area contributed by atoms with Gasteiger partial charge in [0.25, 0.3) is 5.91 Å². The highest BCUT2D eigenvalue weighted by molar-refractivity contribution is 7.13. The van der Waals surface area contributed by atoms with Crippen LogP contribution in [0.15, 0.2) is 84.5 Å². The van der Waals surface area contributed by atoms with Crippen LogP contribution in [0.25, 0.3) is 16.4 Å². The van der Waals surface area contributed by atoms with E-state index in [1.807, 2.05) is 66.0 Å². The van der Waals surface area contributed by atoms with Gasteiger partial charge in [-0.2, -0.15) is 5.10 Å². The van der Waals surface area contributed by atoms with Gasteiger partial charge in [0.05, 0.1) is 22.8 Å². The Morgan fingerprint density at radius 3 is 2.61 bits per heavy atom. The minimum atomic E-state index is -0.421. The third kappa shape index (κ3) is 4.12. The second-order valence-electron chi connectivity index (χ2n) is 6.66. The van der Waals surface area contributed by atoms with Gasteiger partial charge in [0, 0.05) is 18.5 Å². The lowest BCUT2D eigenvalue weighted by Crippen LogP contribution is -2.15. The predicted octanol–water partition coefficient (Wildman–Crippen LogP) is 3.89. The van der Waals surface area contributed by atoms with E-state index in [-0.39, 0.29) is 5.82 Å². The van der Waals surface area contributed by atoms with Crippen molar-refractivity contribution in [3.63, 3.8) is 0 Å². The smallest absolute Gasteiger partial charge is 0.296 e. The molecular weight excluding hydrogens is 410 g/mol. The number of nitrogens with zero attached hydrogens (tertiary/aromatic N) is 6. The Morgan fingerprint density at radius 2 is 1.84 bits per heavy atom. The Bertz CT molecular complexity index is 1290. The van der Waals surface area contributed by atoms with Gasteiger partial charge >= 0.3 is 0 Å². The molecule has 0 spiro atoms. The van der Waals surface area contributed by atoms with Crippen molar-refractivity contribution in [1.29, 1.82) is 0 Å². The summed E-state index contributed by atoms with van der Waals surface area (Å²) in [5.41, 5.74) is 1.71. The summed E-state index contributed by atoms with van der Waals surface area (Å²) in [5, 5.41) is 13.6. The minimum Gasteiger partial charge on any atom is -0.302 e. The number of carbonyl (C=O) groups excluding carboxylic acids is 1. The largest absolute Gasteiger partial charge is 0.302 e. The molecule has 31 heavy (non-hydrogen) atoms. The molecule has 0 fully saturated rings. The summed E-state index contributed by atoms with van der Waals surface area (Å²) < 4.78 is 3.39. The van der Waals surface area contributed by atoms with E-state index in [9.17, 15) is 4.79 Å². The standard InChI is InChI=1S/C22H17N7OS/c30-22(24-19-11-13-28(26-19)15-16-7-4-5-12-23-16)20-25-21(18-10-6-14-31-18)29(27-20)17-8-2-1-3-9-17/h1-14H,15H2,(H,24,26,30). The second kappa shape index (κ2) is 8.33. The maximum atomic E-state index is 12.8. The van der Waals surface area contributed by atoms with Crippen molar-refractivity contribution in [2.45, 2.75) is 6.54 Å². The molecule has 5 rings (SSSR count). The molecule has 0 unspecified atom stereocenters. The van der Waals surface area contributed by atoms with Gasteiger partial charge in [-0.15, -0.1) is 16.4 Å². The molecule has 0 bridgehead atoms. The number of carbonyl (C=O) groups is 1. The van der Waals surface area contributed by atoms with Crippen LogP contribution in [0.4, 0.5) is 5.82 Å². The average Bonchev–Trinajstić information content (AvgIpc) is 3.56. The van der Waals surface area contributed by atoms with Gasteiger partial charge in [-0.25, -0.2) is 9.67 Å². The number of aromatic nitrogens is 6. The highest BCUT2D eigenvalue weighted by Crippen LogP contribution is 2.25. The van der Waals surface area contributed by atoms with Gasteiger partial charge in [-0.05, 0) is 35.7 Å². The van der Waals surface area contributed by atoms with Gasteiger partial charge in [-0.1, -0.05) is 30.3 Å². The Kier molecular flexibility index (Phi) is 5.07. The number of hydrogen-bond acceptors (Lipinski definition) is 6. The van der Waals surface area contributed by atoms with E-state index in [1.54, 1.807) is 39.2 Å². The van der Waals surface area contributed by atoms with Crippen molar-refractivity contribution in [2.24, 2.45) is 0 Å². The number of para-hydroxylation sites is 1. The van der Waals surface area contributed by atoms with Crippen molar-refractivity contribution in [1.82, 2.24) is 29.5 Å². The van der Waals surface area contributed by atoms with Gasteiger partial charge in [0.15, 0.2) is 11.6 Å². The molecule has 4 aromatic heterocycles. The fourth-order valence-corrected chi connectivity index (χ4v) is 3.77. The Hall–Kier alpha value is -4.11. The molecule has 0 aliphatic rings. The zero-order valence-corrected chi connectivity index (χ0v) is 17.1. The van der Waals surface area contributed by atoms with E-state index in [4.69, 9.17) is 0 Å². The summed E-state index contributed by atoms with van der Waals surface area (Å²) in [6, 6.07) is 21.0. The molecule has 5 aromatic rings. The molecule has 0 aliphatic carbocycles. The molecule has 0 aliphatic heterocycles. The minimum absolute atomic E-state index is 0.0755. The third-order valence-corrected chi connectivity index (χ3v) is 5.35. The lowest BCUT2D eigenvalue weighted by atomic mass is 10.3. The number of nitrogens with one attached hydrogen (secondary N) is 1. The van der Waals surface area contributed by atoms with Crippen molar-refractivity contribution >= 4 is 23.1 Å². The fraction of sp³-hybridized carbons (Fsp3) is 0.0455. The van der Waals surface area contributed by atoms with Gasteiger partial charge < -0.3 is 5.32 Å². The van der Waals surface area contributed by atoms with Crippen LogP contribution in [0, 0.1) is 0 Å². The van der Waals surface area contributed by atoms with Crippen LogP contribution in [0.3, 0.4) is 0 Å². The summed E-state index contributed by atoms with van der Waals surface area (Å²) in [5.74, 6) is 0.698. The van der Waals surface area contributed by atoms with Crippen molar-refractivity contribution in [2.75, 3.05) is 5.32 Å². The van der Waals surface area contributed by atoms with E-state index in [1.165, 1.54) is 0 Å². The van der Waals surface area contributed by atoms with Crippen molar-refractivity contribution in [3.05, 3.63) is 96.0 Å². The molecule has 0 atom stereocenters. The third-order valence-electron chi connectivity index (χ3n) is 4.48. The summed E-state index contributed by atoms with van der Waals surface area (Å²) in [7, 11) is 0. The van der Waals surface area contributed by atoms with Crippen LogP contribution in [0.5, 0.6) is 0 Å². The quantitative estimate of drug-likeness (QED) is 0.444. The van der Waals surface area contributed by atoms with Gasteiger partial charge in [0.2, 0.25) is 5.82 Å². The van der Waals surface area contributed by atoms with E-state index in [2.05, 4.69) is 25.5 Å². The Morgan fingerprint density at radius 1 is 0.968 bits per heavy atom. The van der Waals surface area contributed by atoms with E-state index in [0.29, 0.717) is 18.2 Å². The predicted molar refractivity (Wildman–Crippen MR) is 118 cm³/mol. The van der Waals surface area contributed by atoms with E-state index < -0.39 is 5.91 Å². The van der Waals surface area contributed by atoms with Crippen LogP contribution < -0.4 is 5.32 Å². The summed E-state index contributed by atoms with van der Waals surface area (Å²) in [4.78, 5) is 22.6. The average molecular weight is 427 g/mol. The molecule has 8 nitrogen and oxygen atoms in total. The molecule has 0 saturated heterocycles. The molecule has 4 heterocycles. The zero-order chi connectivity index (χ0) is 21.0. The van der Waals surface area contributed by atoms with Crippen molar-refractivity contribution < 1.29 is 4.79 Å². The van der Waals surface area contributed by atoms with E-state index in [0.717, 1.165) is 16.3 Å². The number of rotatable bonds is 6. The maximum absolute atomic E-state index is 12.8. The molecule has 1 aromatic carbocycles. The highest BCUT2D eigenvalue weighted by atomic mass is 32.1. The van der Waals surface area contributed by atoms with Crippen LogP contribution in [0.1, 0.15) is 16.3 Å². The molecule has 152 valence electrons. The number of benzene rings is 1. The summed E-state index contributed by atoms with van der Waals surface area (Å²) in [6.45, 7) is 0.514. The van der Waals surface area contributed by atoms with Crippen LogP contribution >= 0.6 is 11.3 Å². The molecule has 0 radical (unpaired) electrons. The maximum Gasteiger partial charge on any atom is 0.296 e. The molecular formula is C22H17N7OS. The first-order chi connectivity index (χ1) is 15.3. The number of thiophene rings is 1.